The Kier molecular flexibility index (Phi) is 6.35. The van der Waals surface area contributed by atoms with Crippen molar-refractivity contribution in [3.05, 3.63) is 182 Å². The minimum absolute atomic E-state index is 0.0892. The van der Waals surface area contributed by atoms with Gasteiger partial charge in [-0.15, -0.1) is 0 Å². The lowest BCUT2D eigenvalue weighted by Crippen LogP contribution is -2.57. The predicted octanol–water partition coefficient (Wildman–Crippen LogP) is 11.0. The van der Waals surface area contributed by atoms with E-state index in [1.54, 1.807) is 0 Å². The zero-order valence-corrected chi connectivity index (χ0v) is 28.2. The molecule has 0 fully saturated rings. The van der Waals surface area contributed by atoms with Gasteiger partial charge in [-0.25, -0.2) is 0 Å². The van der Waals surface area contributed by atoms with Crippen LogP contribution >= 0.6 is 0 Å². The molecular weight excluding hydrogens is 633 g/mol. The zero-order chi connectivity index (χ0) is 34.2. The van der Waals surface area contributed by atoms with E-state index in [2.05, 4.69) is 187 Å². The fraction of sp³-hybridized carbons (Fsp3) is 0. The van der Waals surface area contributed by atoms with Crippen LogP contribution in [-0.2, 0) is 0 Å². The molecule has 0 radical (unpaired) electrons. The van der Waals surface area contributed by atoms with E-state index in [-0.39, 0.29) is 6.71 Å². The molecule has 0 atom stereocenters. The molecule has 11 rings (SSSR count). The lowest BCUT2D eigenvalue weighted by molar-refractivity contribution is 0.468. The number of anilines is 3. The molecule has 0 saturated carbocycles. The number of rotatable bonds is 4. The van der Waals surface area contributed by atoms with Crippen molar-refractivity contribution in [3.8, 4) is 34.1 Å². The van der Waals surface area contributed by atoms with Crippen LogP contribution in [0.1, 0.15) is 0 Å². The van der Waals surface area contributed by atoms with Gasteiger partial charge >= 0.3 is 0 Å². The fourth-order valence-corrected chi connectivity index (χ4v) is 8.40. The highest BCUT2D eigenvalue weighted by atomic mass is 16.5. The summed E-state index contributed by atoms with van der Waals surface area (Å²) in [6.07, 6.45) is 0. The molecular formula is C48H30BNO2. The van der Waals surface area contributed by atoms with Crippen molar-refractivity contribution in [1.29, 1.82) is 0 Å². The summed E-state index contributed by atoms with van der Waals surface area (Å²) in [4.78, 5) is 2.29. The Bertz CT molecular complexity index is 2830. The number of para-hydroxylation sites is 2. The molecule has 2 aliphatic rings. The third-order valence-corrected chi connectivity index (χ3v) is 10.7. The summed E-state index contributed by atoms with van der Waals surface area (Å²) in [5.41, 5.74) is 8.75. The molecule has 0 amide bonds. The lowest BCUT2D eigenvalue weighted by atomic mass is 9.34. The molecule has 0 saturated heterocycles. The summed E-state index contributed by atoms with van der Waals surface area (Å²) in [6.45, 7) is -0.0892. The molecule has 9 aromatic rings. The largest absolute Gasteiger partial charge is 0.458 e. The average molecular weight is 664 g/mol. The van der Waals surface area contributed by atoms with Crippen molar-refractivity contribution >= 4 is 72.5 Å². The highest BCUT2D eigenvalue weighted by Crippen LogP contribution is 2.44. The van der Waals surface area contributed by atoms with E-state index in [4.69, 9.17) is 9.47 Å². The van der Waals surface area contributed by atoms with Gasteiger partial charge in [-0.05, 0) is 97.5 Å². The second kappa shape index (κ2) is 11.4. The summed E-state index contributed by atoms with van der Waals surface area (Å²) in [5, 5.41) is 7.14. The summed E-state index contributed by atoms with van der Waals surface area (Å²) < 4.78 is 14.1. The van der Waals surface area contributed by atoms with Gasteiger partial charge in [0, 0.05) is 34.0 Å². The number of ether oxygens (including phenoxy) is 2. The second-order valence-corrected chi connectivity index (χ2v) is 13.6. The molecule has 0 aromatic heterocycles. The topological polar surface area (TPSA) is 21.7 Å². The molecule has 52 heavy (non-hydrogen) atoms. The third-order valence-electron chi connectivity index (χ3n) is 10.7. The SMILES string of the molecule is c1ccc(N(c2ccccc2)c2ccc3c(c2)Oc2cc(-c4ccc5ccccc5c4)cc4c2B3c2c(c3ccccc3c3ccccc23)O4)cc1. The maximum absolute atomic E-state index is 7.10. The van der Waals surface area contributed by atoms with Crippen LogP contribution in [-0.4, -0.2) is 6.71 Å². The Morgan fingerprint density at radius 1 is 0.365 bits per heavy atom. The second-order valence-electron chi connectivity index (χ2n) is 13.6. The van der Waals surface area contributed by atoms with Crippen LogP contribution in [0.3, 0.4) is 0 Å². The quantitative estimate of drug-likeness (QED) is 0.138. The summed E-state index contributed by atoms with van der Waals surface area (Å²) >= 11 is 0. The molecule has 0 spiro atoms. The fourth-order valence-electron chi connectivity index (χ4n) is 8.40. The van der Waals surface area contributed by atoms with Crippen LogP contribution in [0.4, 0.5) is 17.1 Å². The molecule has 0 bridgehead atoms. The maximum atomic E-state index is 7.10. The van der Waals surface area contributed by atoms with E-state index in [0.717, 1.165) is 67.5 Å². The first-order valence-corrected chi connectivity index (χ1v) is 17.8. The number of nitrogens with zero attached hydrogens (tertiary/aromatic N) is 1. The smallest absolute Gasteiger partial charge is 0.261 e. The Morgan fingerprint density at radius 3 is 1.69 bits per heavy atom. The number of hydrogen-bond acceptors (Lipinski definition) is 3. The Balaban J connectivity index is 1.17. The van der Waals surface area contributed by atoms with E-state index in [1.807, 2.05) is 0 Å². The first-order valence-electron chi connectivity index (χ1n) is 17.8. The van der Waals surface area contributed by atoms with Crippen LogP contribution in [0.25, 0.3) is 43.4 Å². The highest BCUT2D eigenvalue weighted by molar-refractivity contribution is 6.99. The van der Waals surface area contributed by atoms with Gasteiger partial charge in [-0.1, -0.05) is 127 Å². The van der Waals surface area contributed by atoms with Gasteiger partial charge < -0.3 is 14.4 Å². The molecule has 4 heteroatoms. The average Bonchev–Trinajstić information content (AvgIpc) is 3.21. The highest BCUT2D eigenvalue weighted by Gasteiger charge is 2.42. The number of hydrogen-bond donors (Lipinski definition) is 0. The van der Waals surface area contributed by atoms with Crippen LogP contribution in [0.2, 0.25) is 0 Å². The molecule has 242 valence electrons. The molecule has 0 N–H and O–H groups in total. The molecule has 2 heterocycles. The number of benzene rings is 9. The van der Waals surface area contributed by atoms with Crippen molar-refractivity contribution in [1.82, 2.24) is 0 Å². The van der Waals surface area contributed by atoms with E-state index in [0.29, 0.717) is 0 Å². The van der Waals surface area contributed by atoms with Crippen molar-refractivity contribution in [2.75, 3.05) is 4.90 Å². The standard InChI is InChI=1S/C48H30BNO2/c1-3-15-35(16-4-1)50(36-17-5-2-6-18-36)37-25-26-42-43(30-37)51-44-28-34(33-24-23-31-13-7-8-14-32(31)27-33)29-45-47(44)49(42)46-40-21-11-9-19-38(40)39-20-10-12-22-41(39)48(46)52-45/h1-30H. The van der Waals surface area contributed by atoms with Gasteiger partial charge in [-0.2, -0.15) is 0 Å². The normalized spacial score (nSPS) is 12.5. The maximum Gasteiger partial charge on any atom is 0.261 e. The van der Waals surface area contributed by atoms with E-state index < -0.39 is 0 Å². The van der Waals surface area contributed by atoms with Crippen LogP contribution in [0.5, 0.6) is 23.0 Å². The summed E-state index contributed by atoms with van der Waals surface area (Å²) in [6, 6.07) is 64.7. The van der Waals surface area contributed by atoms with Crippen LogP contribution in [0, 0.1) is 0 Å². The van der Waals surface area contributed by atoms with Crippen molar-refractivity contribution in [2.24, 2.45) is 0 Å². The minimum Gasteiger partial charge on any atom is -0.458 e. The summed E-state index contributed by atoms with van der Waals surface area (Å²) in [7, 11) is 0. The Morgan fingerprint density at radius 2 is 0.962 bits per heavy atom. The van der Waals surface area contributed by atoms with Gasteiger partial charge in [0.1, 0.15) is 23.0 Å². The monoisotopic (exact) mass is 663 g/mol. The Labute approximate surface area is 302 Å². The molecule has 0 unspecified atom stereocenters. The van der Waals surface area contributed by atoms with E-state index >= 15 is 0 Å². The van der Waals surface area contributed by atoms with E-state index in [9.17, 15) is 0 Å². The van der Waals surface area contributed by atoms with Gasteiger partial charge in [0.05, 0.1) is 0 Å². The molecule has 2 aliphatic heterocycles. The van der Waals surface area contributed by atoms with Crippen LogP contribution < -0.4 is 30.8 Å². The molecule has 9 aromatic carbocycles. The van der Waals surface area contributed by atoms with E-state index in [1.165, 1.54) is 32.4 Å². The minimum atomic E-state index is -0.0892. The number of fused-ring (bicyclic) bond motifs is 10. The molecule has 0 aliphatic carbocycles. The lowest BCUT2D eigenvalue weighted by Gasteiger charge is -2.35. The van der Waals surface area contributed by atoms with Gasteiger partial charge in [0.15, 0.2) is 0 Å². The Hall–Kier alpha value is -6.78. The zero-order valence-electron chi connectivity index (χ0n) is 28.2. The predicted molar refractivity (Wildman–Crippen MR) is 217 cm³/mol. The molecule has 3 nitrogen and oxygen atoms in total. The van der Waals surface area contributed by atoms with Gasteiger partial charge in [0.25, 0.3) is 6.71 Å². The summed E-state index contributed by atoms with van der Waals surface area (Å²) in [5.74, 6) is 3.42. The first kappa shape index (κ1) is 29.0. The third kappa shape index (κ3) is 4.41. The van der Waals surface area contributed by atoms with Crippen molar-refractivity contribution < 1.29 is 9.47 Å². The first-order chi connectivity index (χ1) is 25.8. The van der Waals surface area contributed by atoms with Gasteiger partial charge in [-0.3, -0.25) is 0 Å². The van der Waals surface area contributed by atoms with Crippen molar-refractivity contribution in [3.63, 3.8) is 0 Å². The van der Waals surface area contributed by atoms with Gasteiger partial charge in [0.2, 0.25) is 0 Å². The van der Waals surface area contributed by atoms with Crippen LogP contribution in [0.15, 0.2) is 182 Å². The van der Waals surface area contributed by atoms with Crippen molar-refractivity contribution in [2.45, 2.75) is 0 Å².